The number of rotatable bonds is 7. The lowest BCUT2D eigenvalue weighted by Gasteiger charge is -2.30. The minimum Gasteiger partial charge on any atom is -0.360 e. The van der Waals surface area contributed by atoms with Gasteiger partial charge in [0.2, 0.25) is 5.91 Å². The molecule has 28 heavy (non-hydrogen) atoms. The van der Waals surface area contributed by atoms with E-state index < -0.39 is 17.6 Å². The molecule has 1 aromatic heterocycles. The van der Waals surface area contributed by atoms with E-state index in [4.69, 9.17) is 4.52 Å². The lowest BCUT2D eigenvalue weighted by molar-refractivity contribution is -0.117. The molecule has 0 saturated carbocycles. The van der Waals surface area contributed by atoms with Gasteiger partial charge in [0.05, 0.1) is 5.56 Å². The number of hydrogen-bond donors (Lipinski definition) is 1. The van der Waals surface area contributed by atoms with Crippen LogP contribution in [0.5, 0.6) is 0 Å². The zero-order valence-corrected chi connectivity index (χ0v) is 16.0. The lowest BCUT2D eigenvalue weighted by Crippen LogP contribution is -2.44. The number of aromatic nitrogens is 1. The molecule has 0 bridgehead atoms. The van der Waals surface area contributed by atoms with Crippen molar-refractivity contribution in [2.75, 3.05) is 38.0 Å². The number of piperidine rings is 1. The van der Waals surface area contributed by atoms with Gasteiger partial charge in [-0.25, -0.2) is 4.39 Å². The van der Waals surface area contributed by atoms with Crippen molar-refractivity contribution in [3.63, 3.8) is 0 Å². The fraction of sp³-hybridized carbons (Fsp3) is 0.450. The topological polar surface area (TPSA) is 78.7 Å². The number of carbonyl (C=O) groups excluding carboxylic acids is 2. The average molecular weight is 388 g/mol. The molecule has 0 aliphatic carbocycles. The number of halogens is 1. The summed E-state index contributed by atoms with van der Waals surface area (Å²) in [7, 11) is 0. The first-order valence-corrected chi connectivity index (χ1v) is 9.52. The van der Waals surface area contributed by atoms with Crippen molar-refractivity contribution in [3.05, 3.63) is 47.5 Å². The van der Waals surface area contributed by atoms with Crippen LogP contribution in [0.2, 0.25) is 0 Å². The van der Waals surface area contributed by atoms with Crippen molar-refractivity contribution >= 4 is 17.6 Å². The van der Waals surface area contributed by atoms with Gasteiger partial charge >= 0.3 is 0 Å². The summed E-state index contributed by atoms with van der Waals surface area (Å²) in [5.41, 5.74) is -0.0359. The van der Waals surface area contributed by atoms with E-state index in [0.29, 0.717) is 18.8 Å². The van der Waals surface area contributed by atoms with Crippen LogP contribution in [0.15, 0.2) is 34.9 Å². The van der Waals surface area contributed by atoms with E-state index in [1.165, 1.54) is 29.5 Å². The summed E-state index contributed by atoms with van der Waals surface area (Å²) in [5.74, 6) is -0.641. The second kappa shape index (κ2) is 9.45. The van der Waals surface area contributed by atoms with Crippen molar-refractivity contribution in [3.8, 4) is 0 Å². The molecule has 1 aliphatic rings. The van der Waals surface area contributed by atoms with Crippen LogP contribution in [-0.2, 0) is 4.79 Å². The number of nitrogens with one attached hydrogen (secondary N) is 1. The third kappa shape index (κ3) is 5.39. The van der Waals surface area contributed by atoms with Gasteiger partial charge in [0.15, 0.2) is 5.82 Å². The highest BCUT2D eigenvalue weighted by molar-refractivity contribution is 5.99. The molecule has 1 aliphatic heterocycles. The maximum Gasteiger partial charge on any atom is 0.257 e. The highest BCUT2D eigenvalue weighted by atomic mass is 19.1. The molecule has 2 aromatic rings. The summed E-state index contributed by atoms with van der Waals surface area (Å²) in [5, 5.41) is 6.33. The number of anilines is 1. The van der Waals surface area contributed by atoms with Crippen LogP contribution < -0.4 is 5.32 Å². The van der Waals surface area contributed by atoms with Crippen LogP contribution in [0.3, 0.4) is 0 Å². The molecule has 1 N–H and O–H groups in total. The van der Waals surface area contributed by atoms with Gasteiger partial charge in [-0.05, 0) is 45.0 Å². The summed E-state index contributed by atoms with van der Waals surface area (Å²) in [6.45, 7) is 4.48. The molecule has 2 heterocycles. The Morgan fingerprint density at radius 3 is 2.68 bits per heavy atom. The highest BCUT2D eigenvalue weighted by Gasteiger charge is 2.23. The van der Waals surface area contributed by atoms with Crippen LogP contribution >= 0.6 is 0 Å². The Balaban J connectivity index is 1.68. The number of likely N-dealkylation sites (tertiary alicyclic amines) is 1. The van der Waals surface area contributed by atoms with Gasteiger partial charge in [0, 0.05) is 19.2 Å². The predicted octanol–water partition coefficient (Wildman–Crippen LogP) is 2.69. The van der Waals surface area contributed by atoms with Crippen molar-refractivity contribution in [1.82, 2.24) is 15.0 Å². The zero-order chi connectivity index (χ0) is 19.9. The number of benzene rings is 1. The Hall–Kier alpha value is -2.74. The summed E-state index contributed by atoms with van der Waals surface area (Å²) >= 11 is 0. The monoisotopic (exact) mass is 388 g/mol. The average Bonchev–Trinajstić information content (AvgIpc) is 3.10. The molecule has 1 aromatic carbocycles. The highest BCUT2D eigenvalue weighted by Crippen LogP contribution is 2.13. The molecule has 2 amide bonds. The molecular formula is C20H25FN4O3. The number of aryl methyl sites for hydroxylation is 1. The van der Waals surface area contributed by atoms with Gasteiger partial charge in [-0.2, -0.15) is 0 Å². The van der Waals surface area contributed by atoms with Gasteiger partial charge in [-0.15, -0.1) is 0 Å². The Labute approximate surface area is 163 Å². The third-order valence-electron chi connectivity index (χ3n) is 4.76. The van der Waals surface area contributed by atoms with Gasteiger partial charge in [0.1, 0.15) is 18.1 Å². The molecule has 1 fully saturated rings. The Morgan fingerprint density at radius 2 is 2.00 bits per heavy atom. The van der Waals surface area contributed by atoms with Crippen LogP contribution in [-0.4, -0.2) is 59.5 Å². The SMILES string of the molecule is Cc1cc(NC(=O)CN(CCN2CCCCC2)C(=O)c2ccccc2F)no1. The van der Waals surface area contributed by atoms with Gasteiger partial charge in [-0.3, -0.25) is 9.59 Å². The third-order valence-corrected chi connectivity index (χ3v) is 4.76. The largest absolute Gasteiger partial charge is 0.360 e. The van der Waals surface area contributed by atoms with E-state index in [1.54, 1.807) is 19.1 Å². The van der Waals surface area contributed by atoms with Crippen LogP contribution in [0, 0.1) is 12.7 Å². The van der Waals surface area contributed by atoms with E-state index in [9.17, 15) is 14.0 Å². The zero-order valence-electron chi connectivity index (χ0n) is 16.0. The smallest absolute Gasteiger partial charge is 0.257 e. The number of amides is 2. The van der Waals surface area contributed by atoms with Crippen LogP contribution in [0.4, 0.5) is 10.2 Å². The molecule has 150 valence electrons. The first-order chi connectivity index (χ1) is 13.5. The number of nitrogens with zero attached hydrogens (tertiary/aromatic N) is 3. The maximum absolute atomic E-state index is 14.1. The second-order valence-electron chi connectivity index (χ2n) is 6.98. The van der Waals surface area contributed by atoms with E-state index in [2.05, 4.69) is 15.4 Å². The number of hydrogen-bond acceptors (Lipinski definition) is 5. The van der Waals surface area contributed by atoms with E-state index in [0.717, 1.165) is 25.9 Å². The molecule has 8 heteroatoms. The molecule has 0 atom stereocenters. The van der Waals surface area contributed by atoms with Crippen LogP contribution in [0.25, 0.3) is 0 Å². The molecular weight excluding hydrogens is 363 g/mol. The minimum absolute atomic E-state index is 0.0359. The normalized spacial score (nSPS) is 14.6. The predicted molar refractivity (Wildman–Crippen MR) is 102 cm³/mol. The maximum atomic E-state index is 14.1. The second-order valence-corrected chi connectivity index (χ2v) is 6.98. The van der Waals surface area contributed by atoms with Crippen molar-refractivity contribution in [2.45, 2.75) is 26.2 Å². The van der Waals surface area contributed by atoms with E-state index >= 15 is 0 Å². The minimum atomic E-state index is -0.594. The molecule has 0 unspecified atom stereocenters. The van der Waals surface area contributed by atoms with Crippen molar-refractivity contribution < 1.29 is 18.5 Å². The molecule has 3 rings (SSSR count). The first-order valence-electron chi connectivity index (χ1n) is 9.52. The molecule has 0 spiro atoms. The first kappa shape index (κ1) is 20.0. The van der Waals surface area contributed by atoms with E-state index in [-0.39, 0.29) is 17.9 Å². The van der Waals surface area contributed by atoms with E-state index in [1.807, 2.05) is 0 Å². The summed E-state index contributed by atoms with van der Waals surface area (Å²) < 4.78 is 19.0. The Kier molecular flexibility index (Phi) is 6.76. The standard InChI is InChI=1S/C20H25FN4O3/c1-15-13-18(23-28-15)22-19(26)14-25(12-11-24-9-5-2-6-10-24)20(27)16-7-3-4-8-17(16)21/h3-4,7-8,13H,2,5-6,9-12,14H2,1H3,(H,22,23,26). The van der Waals surface area contributed by atoms with Gasteiger partial charge < -0.3 is 19.6 Å². The number of carbonyl (C=O) groups is 2. The summed E-state index contributed by atoms with van der Waals surface area (Å²) in [6, 6.07) is 7.41. The van der Waals surface area contributed by atoms with Crippen molar-refractivity contribution in [2.24, 2.45) is 0 Å². The van der Waals surface area contributed by atoms with Gasteiger partial charge in [0.25, 0.3) is 5.91 Å². The molecule has 0 radical (unpaired) electrons. The molecule has 1 saturated heterocycles. The quantitative estimate of drug-likeness (QED) is 0.789. The Bertz CT molecular complexity index is 817. The Morgan fingerprint density at radius 1 is 1.25 bits per heavy atom. The fourth-order valence-electron chi connectivity index (χ4n) is 3.28. The summed E-state index contributed by atoms with van der Waals surface area (Å²) in [4.78, 5) is 28.9. The van der Waals surface area contributed by atoms with Gasteiger partial charge in [-0.1, -0.05) is 23.7 Å². The van der Waals surface area contributed by atoms with Crippen LogP contribution in [0.1, 0.15) is 35.4 Å². The molecule has 7 nitrogen and oxygen atoms in total. The summed E-state index contributed by atoms with van der Waals surface area (Å²) in [6.07, 6.45) is 3.48. The fourth-order valence-corrected chi connectivity index (χ4v) is 3.28. The lowest BCUT2D eigenvalue weighted by atomic mass is 10.1. The van der Waals surface area contributed by atoms with Crippen molar-refractivity contribution in [1.29, 1.82) is 0 Å².